The average molecular weight is 598 g/mol. The number of nitrogens with one attached hydrogen (secondary N) is 2. The number of halogens is 3. The van der Waals surface area contributed by atoms with Crippen molar-refractivity contribution in [3.8, 4) is 16.9 Å². The molecule has 1 atom stereocenters. The number of alkyl halides is 1. The summed E-state index contributed by atoms with van der Waals surface area (Å²) in [6, 6.07) is 12.4. The molecule has 0 aliphatic heterocycles. The maximum Gasteiger partial charge on any atom is 0.354 e. The highest BCUT2D eigenvalue weighted by Crippen LogP contribution is 2.31. The number of rotatable bonds is 14. The van der Waals surface area contributed by atoms with Crippen molar-refractivity contribution in [2.75, 3.05) is 19.8 Å². The fourth-order valence-electron chi connectivity index (χ4n) is 4.95. The lowest BCUT2D eigenvalue weighted by Gasteiger charge is -2.18. The van der Waals surface area contributed by atoms with Gasteiger partial charge in [0.2, 0.25) is 0 Å². The maximum absolute atomic E-state index is 15.1. The molecule has 2 aromatic carbocycles. The molecule has 8 nitrogen and oxygen atoms in total. The Hall–Kier alpha value is -3.76. The van der Waals surface area contributed by atoms with Gasteiger partial charge in [-0.3, -0.25) is 13.9 Å². The molecular formula is C31H38ClF2N7O. The van der Waals surface area contributed by atoms with Crippen LogP contribution in [0.25, 0.3) is 28.0 Å². The predicted octanol–water partition coefficient (Wildman–Crippen LogP) is 5.81. The predicted molar refractivity (Wildman–Crippen MR) is 167 cm³/mol. The summed E-state index contributed by atoms with van der Waals surface area (Å²) < 4.78 is 29.8. The largest absolute Gasteiger partial charge is 0.370 e. The van der Waals surface area contributed by atoms with Gasteiger partial charge in [0.25, 0.3) is 0 Å². The van der Waals surface area contributed by atoms with Crippen LogP contribution in [0.4, 0.5) is 8.78 Å². The first-order chi connectivity index (χ1) is 20.2. The normalized spacial score (nSPS) is 12.2. The lowest BCUT2D eigenvalue weighted by atomic mass is 10.00. The molecule has 0 amide bonds. The quantitative estimate of drug-likeness (QED) is 0.0829. The third-order valence-corrected chi connectivity index (χ3v) is 7.40. The van der Waals surface area contributed by atoms with Crippen LogP contribution in [-0.4, -0.2) is 40.3 Å². The zero-order valence-corrected chi connectivity index (χ0v) is 24.7. The van der Waals surface area contributed by atoms with Gasteiger partial charge in [-0.1, -0.05) is 44.0 Å². The van der Waals surface area contributed by atoms with Gasteiger partial charge >= 0.3 is 5.69 Å². The second-order valence-corrected chi connectivity index (χ2v) is 11.2. The summed E-state index contributed by atoms with van der Waals surface area (Å²) in [5.74, 6) is 0.114. The number of guanidine groups is 1. The molecule has 0 bridgehead atoms. The first-order valence-corrected chi connectivity index (χ1v) is 14.6. The SMILES string of the molecule is CC(C)CCCc1cc(Cl)c(F)c(-c2cc3cn(-c4ccc([C@H](CCF)NCCCN=C(N)N)cc4)c(=O)nc3[nH]2)c1. The van der Waals surface area contributed by atoms with E-state index in [2.05, 4.69) is 34.1 Å². The molecule has 0 saturated heterocycles. The summed E-state index contributed by atoms with van der Waals surface area (Å²) in [4.78, 5) is 24.2. The highest BCUT2D eigenvalue weighted by molar-refractivity contribution is 6.31. The van der Waals surface area contributed by atoms with Crippen LogP contribution in [0.15, 0.2) is 58.4 Å². The van der Waals surface area contributed by atoms with Crippen molar-refractivity contribution < 1.29 is 8.78 Å². The number of nitrogens with two attached hydrogens (primary N) is 2. The highest BCUT2D eigenvalue weighted by Gasteiger charge is 2.16. The Morgan fingerprint density at radius 1 is 1.14 bits per heavy atom. The van der Waals surface area contributed by atoms with Crippen LogP contribution < -0.4 is 22.5 Å². The van der Waals surface area contributed by atoms with Gasteiger partial charge in [-0.2, -0.15) is 4.98 Å². The van der Waals surface area contributed by atoms with Crippen molar-refractivity contribution >= 4 is 28.6 Å². The third-order valence-electron chi connectivity index (χ3n) is 7.12. The molecule has 6 N–H and O–H groups in total. The fraction of sp³-hybridized carbons (Fsp3) is 0.387. The van der Waals surface area contributed by atoms with E-state index in [9.17, 15) is 9.18 Å². The maximum atomic E-state index is 15.1. The third kappa shape index (κ3) is 7.95. The van der Waals surface area contributed by atoms with E-state index in [1.165, 1.54) is 4.57 Å². The van der Waals surface area contributed by atoms with Crippen LogP contribution in [0.5, 0.6) is 0 Å². The van der Waals surface area contributed by atoms with Crippen LogP contribution >= 0.6 is 11.6 Å². The number of H-pyrrole nitrogens is 1. The Bertz CT molecular complexity index is 1580. The van der Waals surface area contributed by atoms with Crippen LogP contribution in [0.3, 0.4) is 0 Å². The van der Waals surface area contributed by atoms with Crippen LogP contribution in [0, 0.1) is 11.7 Å². The Morgan fingerprint density at radius 3 is 2.60 bits per heavy atom. The number of benzene rings is 2. The van der Waals surface area contributed by atoms with Crippen molar-refractivity contribution in [1.29, 1.82) is 0 Å². The second kappa shape index (κ2) is 14.4. The molecular weight excluding hydrogens is 560 g/mol. The molecule has 2 aromatic heterocycles. The van der Waals surface area contributed by atoms with Gasteiger partial charge in [0.15, 0.2) is 11.8 Å². The van der Waals surface area contributed by atoms with E-state index < -0.39 is 18.2 Å². The summed E-state index contributed by atoms with van der Waals surface area (Å²) in [6.07, 6.45) is 5.53. The van der Waals surface area contributed by atoms with Gasteiger partial charge in [0.05, 0.1) is 23.1 Å². The van der Waals surface area contributed by atoms with Crippen LogP contribution in [0.1, 0.15) is 56.7 Å². The zero-order chi connectivity index (χ0) is 30.2. The summed E-state index contributed by atoms with van der Waals surface area (Å²) in [5.41, 5.74) is 13.9. The highest BCUT2D eigenvalue weighted by atomic mass is 35.5. The van der Waals surface area contributed by atoms with Crippen molar-refractivity contribution in [2.24, 2.45) is 22.4 Å². The topological polar surface area (TPSA) is 127 Å². The number of aryl methyl sites for hydroxylation is 1. The van der Waals surface area contributed by atoms with E-state index in [1.807, 2.05) is 12.1 Å². The molecule has 0 aliphatic carbocycles. The number of nitrogens with zero attached hydrogens (tertiary/aromatic N) is 3. The smallest absolute Gasteiger partial charge is 0.354 e. The standard InChI is InChI=1S/C31H38ClF2N7O/c1-19(2)5-3-6-20-15-24(28(34)25(32)16-20)27-17-22-18-41(31(42)40-29(22)39-27)23-9-7-21(8-10-23)26(11-12-33)37-13-4-14-38-30(35)36/h7-10,15-19,26,37H,3-6,11-14H2,1-2H3,(H4,35,36,38)(H,39,40,42)/t26-/m0/s1. The molecule has 0 aliphatic rings. The molecule has 4 aromatic rings. The monoisotopic (exact) mass is 597 g/mol. The van der Waals surface area contributed by atoms with Gasteiger partial charge in [-0.05, 0) is 79.6 Å². The molecule has 224 valence electrons. The summed E-state index contributed by atoms with van der Waals surface area (Å²) in [5, 5.41) is 4.04. The Balaban J connectivity index is 1.56. The Kier molecular flexibility index (Phi) is 10.7. The zero-order valence-electron chi connectivity index (χ0n) is 24.0. The van der Waals surface area contributed by atoms with E-state index in [0.717, 1.165) is 30.4 Å². The summed E-state index contributed by atoms with van der Waals surface area (Å²) in [7, 11) is 0. The van der Waals surface area contributed by atoms with Crippen molar-refractivity contribution in [1.82, 2.24) is 19.9 Å². The number of aromatic amines is 1. The molecule has 11 heteroatoms. The number of hydrogen-bond acceptors (Lipinski definition) is 4. The van der Waals surface area contributed by atoms with Gasteiger partial charge < -0.3 is 21.8 Å². The first kappa shape index (κ1) is 31.2. The van der Waals surface area contributed by atoms with E-state index in [0.29, 0.717) is 59.8 Å². The van der Waals surface area contributed by atoms with Gasteiger partial charge in [0, 0.05) is 29.7 Å². The van der Waals surface area contributed by atoms with E-state index >= 15 is 4.39 Å². The average Bonchev–Trinajstić information content (AvgIpc) is 3.36. The molecule has 0 spiro atoms. The van der Waals surface area contributed by atoms with Crippen molar-refractivity contribution in [2.45, 2.75) is 52.0 Å². The van der Waals surface area contributed by atoms with E-state index in [1.54, 1.807) is 36.5 Å². The molecule has 2 heterocycles. The minimum Gasteiger partial charge on any atom is -0.370 e. The van der Waals surface area contributed by atoms with Crippen LogP contribution in [0.2, 0.25) is 5.02 Å². The van der Waals surface area contributed by atoms with Gasteiger partial charge in [-0.25, -0.2) is 9.18 Å². The lowest BCUT2D eigenvalue weighted by Crippen LogP contribution is -2.25. The van der Waals surface area contributed by atoms with Crippen molar-refractivity contribution in [3.05, 3.63) is 81.1 Å². The lowest BCUT2D eigenvalue weighted by molar-refractivity contribution is 0.400. The second-order valence-electron chi connectivity index (χ2n) is 10.8. The Labute approximate surface area is 249 Å². The summed E-state index contributed by atoms with van der Waals surface area (Å²) in [6.45, 7) is 4.97. The van der Waals surface area contributed by atoms with Gasteiger partial charge in [-0.15, -0.1) is 0 Å². The number of aliphatic imine (C=N–C) groups is 1. The number of aromatic nitrogens is 3. The van der Waals surface area contributed by atoms with Crippen molar-refractivity contribution in [3.63, 3.8) is 0 Å². The molecule has 0 saturated carbocycles. The van der Waals surface area contributed by atoms with E-state index in [4.69, 9.17) is 23.1 Å². The molecule has 0 radical (unpaired) electrons. The molecule has 4 rings (SSSR count). The molecule has 42 heavy (non-hydrogen) atoms. The molecule has 0 unspecified atom stereocenters. The number of hydrogen-bond donors (Lipinski definition) is 4. The van der Waals surface area contributed by atoms with E-state index in [-0.39, 0.29) is 17.0 Å². The summed E-state index contributed by atoms with van der Waals surface area (Å²) >= 11 is 6.25. The van der Waals surface area contributed by atoms with Crippen LogP contribution in [-0.2, 0) is 6.42 Å². The van der Waals surface area contributed by atoms with Gasteiger partial charge in [0.1, 0.15) is 5.65 Å². The molecule has 0 fully saturated rings. The minimum atomic E-state index is -0.519. The Morgan fingerprint density at radius 2 is 1.90 bits per heavy atom. The minimum absolute atomic E-state index is 0.0444. The fourth-order valence-corrected chi connectivity index (χ4v) is 5.19. The number of fused-ring (bicyclic) bond motifs is 1. The first-order valence-electron chi connectivity index (χ1n) is 14.2.